The van der Waals surface area contributed by atoms with Crippen LogP contribution < -0.4 is 5.56 Å². The fraction of sp³-hybridized carbons (Fsp3) is 0.333. The molecule has 2 aromatic heterocycles. The first-order valence-corrected chi connectivity index (χ1v) is 9.56. The summed E-state index contributed by atoms with van der Waals surface area (Å²) in [4.78, 5) is 22.2. The lowest BCUT2D eigenvalue weighted by molar-refractivity contribution is 0.223. The van der Waals surface area contributed by atoms with Crippen molar-refractivity contribution in [2.75, 3.05) is 6.54 Å². The first kappa shape index (κ1) is 18.0. The summed E-state index contributed by atoms with van der Waals surface area (Å²) in [5, 5.41) is 0.706. The maximum Gasteiger partial charge on any atom is 0.255 e. The lowest BCUT2D eigenvalue weighted by atomic mass is 10.1. The van der Waals surface area contributed by atoms with Crippen LogP contribution in [-0.4, -0.2) is 21.4 Å². The molecule has 5 nitrogen and oxygen atoms in total. The number of halogens is 1. The molecule has 1 aromatic carbocycles. The second-order valence-corrected chi connectivity index (χ2v) is 7.70. The van der Waals surface area contributed by atoms with Gasteiger partial charge in [-0.15, -0.1) is 0 Å². The van der Waals surface area contributed by atoms with Gasteiger partial charge in [-0.1, -0.05) is 25.4 Å². The Kier molecular flexibility index (Phi) is 4.89. The Morgan fingerprint density at radius 2 is 2.00 bits per heavy atom. The van der Waals surface area contributed by atoms with Gasteiger partial charge in [-0.3, -0.25) is 9.69 Å². The molecule has 1 aliphatic heterocycles. The molecule has 3 aromatic rings. The molecule has 0 saturated carbocycles. The smallest absolute Gasteiger partial charge is 0.255 e. The van der Waals surface area contributed by atoms with Crippen LogP contribution >= 0.6 is 11.6 Å². The maximum absolute atomic E-state index is 12.4. The molecule has 1 N–H and O–H groups in total. The summed E-state index contributed by atoms with van der Waals surface area (Å²) < 4.78 is 5.99. The number of nitrogens with one attached hydrogen (secondary N) is 1. The summed E-state index contributed by atoms with van der Waals surface area (Å²) >= 11 is 5.94. The van der Waals surface area contributed by atoms with Crippen LogP contribution in [0.4, 0.5) is 0 Å². The third-order valence-corrected chi connectivity index (χ3v) is 5.13. The zero-order valence-electron chi connectivity index (χ0n) is 15.5. The van der Waals surface area contributed by atoms with Crippen molar-refractivity contribution in [3.8, 4) is 11.3 Å². The van der Waals surface area contributed by atoms with Crippen molar-refractivity contribution >= 4 is 11.6 Å². The van der Waals surface area contributed by atoms with Crippen LogP contribution in [0.2, 0.25) is 5.02 Å². The number of aromatic nitrogens is 2. The fourth-order valence-electron chi connectivity index (χ4n) is 3.36. The highest BCUT2D eigenvalue weighted by molar-refractivity contribution is 6.30. The Labute approximate surface area is 163 Å². The molecular weight excluding hydrogens is 362 g/mol. The van der Waals surface area contributed by atoms with E-state index < -0.39 is 0 Å². The van der Waals surface area contributed by atoms with Gasteiger partial charge in [0.05, 0.1) is 17.8 Å². The molecule has 1 aliphatic rings. The highest BCUT2D eigenvalue weighted by Crippen LogP contribution is 2.25. The van der Waals surface area contributed by atoms with E-state index in [9.17, 15) is 4.79 Å². The van der Waals surface area contributed by atoms with Crippen molar-refractivity contribution in [1.29, 1.82) is 0 Å². The monoisotopic (exact) mass is 383 g/mol. The van der Waals surface area contributed by atoms with E-state index in [2.05, 4.69) is 14.9 Å². The Morgan fingerprint density at radius 1 is 1.22 bits per heavy atom. The zero-order valence-corrected chi connectivity index (χ0v) is 16.2. The summed E-state index contributed by atoms with van der Waals surface area (Å²) in [5.74, 6) is 2.69. The van der Waals surface area contributed by atoms with E-state index in [0.29, 0.717) is 18.1 Å². The van der Waals surface area contributed by atoms with Gasteiger partial charge in [-0.05, 0) is 36.4 Å². The van der Waals surface area contributed by atoms with Crippen molar-refractivity contribution in [1.82, 2.24) is 14.9 Å². The van der Waals surface area contributed by atoms with Gasteiger partial charge in [-0.25, -0.2) is 4.98 Å². The second kappa shape index (κ2) is 7.33. The number of nitrogens with zero attached hydrogens (tertiary/aromatic N) is 2. The Hall–Kier alpha value is -2.37. The van der Waals surface area contributed by atoms with Crippen LogP contribution in [0.15, 0.2) is 45.6 Å². The number of H-pyrrole nitrogens is 1. The van der Waals surface area contributed by atoms with Crippen LogP contribution in [-0.2, 0) is 19.5 Å². The molecule has 0 atom stereocenters. The predicted octanol–water partition coefficient (Wildman–Crippen LogP) is 4.37. The lowest BCUT2D eigenvalue weighted by Crippen LogP contribution is -2.35. The largest absolute Gasteiger partial charge is 0.460 e. The minimum Gasteiger partial charge on any atom is -0.460 e. The number of benzene rings is 1. The molecular formula is C21H22ClN3O2. The van der Waals surface area contributed by atoms with Gasteiger partial charge in [0.25, 0.3) is 5.56 Å². The van der Waals surface area contributed by atoms with Gasteiger partial charge in [0.1, 0.15) is 17.3 Å². The first-order valence-electron chi connectivity index (χ1n) is 9.18. The standard InChI is InChI=1S/C21H22ClN3O2/c1-13(2)20-23-18-9-10-25(12-17(18)21(26)24-20)11-16-7-8-19(27-16)14-3-5-15(22)6-4-14/h3-8,13H,9-12H2,1-2H3,(H,23,24,26). The van der Waals surface area contributed by atoms with Crippen LogP contribution in [0, 0.1) is 0 Å². The molecule has 27 heavy (non-hydrogen) atoms. The molecule has 6 heteroatoms. The molecule has 0 bridgehead atoms. The third kappa shape index (κ3) is 3.84. The summed E-state index contributed by atoms with van der Waals surface area (Å²) in [5.41, 5.74) is 2.68. The van der Waals surface area contributed by atoms with E-state index in [0.717, 1.165) is 47.1 Å². The molecule has 3 heterocycles. The predicted molar refractivity (Wildman–Crippen MR) is 106 cm³/mol. The van der Waals surface area contributed by atoms with E-state index in [1.807, 2.05) is 50.2 Å². The van der Waals surface area contributed by atoms with E-state index in [1.54, 1.807) is 0 Å². The van der Waals surface area contributed by atoms with Gasteiger partial charge < -0.3 is 9.40 Å². The molecule has 0 radical (unpaired) electrons. The zero-order chi connectivity index (χ0) is 19.0. The highest BCUT2D eigenvalue weighted by Gasteiger charge is 2.22. The van der Waals surface area contributed by atoms with Crippen molar-refractivity contribution < 1.29 is 4.42 Å². The van der Waals surface area contributed by atoms with E-state index in [1.165, 1.54) is 0 Å². The van der Waals surface area contributed by atoms with Crippen molar-refractivity contribution in [2.24, 2.45) is 0 Å². The number of fused-ring (bicyclic) bond motifs is 1. The van der Waals surface area contributed by atoms with Gasteiger partial charge >= 0.3 is 0 Å². The normalized spacial score (nSPS) is 14.5. The van der Waals surface area contributed by atoms with Crippen LogP contribution in [0.1, 0.15) is 42.6 Å². The minimum absolute atomic E-state index is 0.0188. The summed E-state index contributed by atoms with van der Waals surface area (Å²) in [6, 6.07) is 11.6. The number of aromatic amines is 1. The Balaban J connectivity index is 1.49. The van der Waals surface area contributed by atoms with E-state index in [-0.39, 0.29) is 11.5 Å². The first-order chi connectivity index (χ1) is 13.0. The second-order valence-electron chi connectivity index (χ2n) is 7.26. The molecule has 4 rings (SSSR count). The van der Waals surface area contributed by atoms with Crippen molar-refractivity contribution in [3.05, 3.63) is 74.6 Å². The van der Waals surface area contributed by atoms with Crippen LogP contribution in [0.25, 0.3) is 11.3 Å². The number of rotatable bonds is 4. The van der Waals surface area contributed by atoms with E-state index in [4.69, 9.17) is 16.0 Å². The fourth-order valence-corrected chi connectivity index (χ4v) is 3.49. The van der Waals surface area contributed by atoms with Crippen molar-refractivity contribution in [3.63, 3.8) is 0 Å². The SMILES string of the molecule is CC(C)c1nc2c(c(=O)[nH]1)CN(Cc1ccc(-c3ccc(Cl)cc3)o1)CC2. The highest BCUT2D eigenvalue weighted by atomic mass is 35.5. The molecule has 0 fully saturated rings. The molecule has 140 valence electrons. The van der Waals surface area contributed by atoms with E-state index >= 15 is 0 Å². The van der Waals surface area contributed by atoms with Gasteiger partial charge in [0.2, 0.25) is 0 Å². The number of hydrogen-bond acceptors (Lipinski definition) is 4. The Morgan fingerprint density at radius 3 is 2.74 bits per heavy atom. The maximum atomic E-state index is 12.4. The number of hydrogen-bond donors (Lipinski definition) is 1. The quantitative estimate of drug-likeness (QED) is 0.726. The van der Waals surface area contributed by atoms with Crippen molar-refractivity contribution in [2.45, 2.75) is 39.3 Å². The summed E-state index contributed by atoms with van der Waals surface area (Å²) in [6.07, 6.45) is 0.781. The molecule has 0 spiro atoms. The lowest BCUT2D eigenvalue weighted by Gasteiger charge is -2.27. The van der Waals surface area contributed by atoms with Gasteiger partial charge in [0, 0.05) is 36.0 Å². The minimum atomic E-state index is -0.0188. The van der Waals surface area contributed by atoms with Gasteiger partial charge in [-0.2, -0.15) is 0 Å². The topological polar surface area (TPSA) is 62.1 Å². The summed E-state index contributed by atoms with van der Waals surface area (Å²) in [7, 11) is 0. The number of furan rings is 1. The molecule has 0 unspecified atom stereocenters. The molecule has 0 saturated heterocycles. The molecule has 0 aliphatic carbocycles. The van der Waals surface area contributed by atoms with Crippen LogP contribution in [0.3, 0.4) is 0 Å². The third-order valence-electron chi connectivity index (χ3n) is 4.88. The Bertz CT molecular complexity index is 1010. The average molecular weight is 384 g/mol. The summed E-state index contributed by atoms with van der Waals surface area (Å²) in [6.45, 7) is 6.19. The van der Waals surface area contributed by atoms with Gasteiger partial charge in [0.15, 0.2) is 0 Å². The molecule has 0 amide bonds. The average Bonchev–Trinajstić information content (AvgIpc) is 3.11. The van der Waals surface area contributed by atoms with Crippen LogP contribution in [0.5, 0.6) is 0 Å².